The van der Waals surface area contributed by atoms with Gasteiger partial charge in [-0.2, -0.15) is 0 Å². The Morgan fingerprint density at radius 3 is 2.66 bits per heavy atom. The summed E-state index contributed by atoms with van der Waals surface area (Å²) in [6, 6.07) is 13.5. The molecule has 0 unspecified atom stereocenters. The Labute approximate surface area is 173 Å². The largest absolute Gasteiger partial charge is 0.494 e. The SMILES string of the molecule is CCOc1ccc(-c2nc(C(=O)N(C)Cc3ccc4c(c3)OCCO4)cs2)cc1. The van der Waals surface area contributed by atoms with E-state index in [1.54, 1.807) is 17.3 Å². The van der Waals surface area contributed by atoms with E-state index in [1.165, 1.54) is 11.3 Å². The molecule has 6 nitrogen and oxygen atoms in total. The summed E-state index contributed by atoms with van der Waals surface area (Å²) >= 11 is 1.46. The number of thiazole rings is 1. The van der Waals surface area contributed by atoms with Crippen LogP contribution in [0, 0.1) is 0 Å². The minimum Gasteiger partial charge on any atom is -0.494 e. The number of carbonyl (C=O) groups excluding carboxylic acids is 1. The topological polar surface area (TPSA) is 60.9 Å². The predicted octanol–water partition coefficient (Wildman–Crippen LogP) is 4.25. The van der Waals surface area contributed by atoms with Gasteiger partial charge in [0.25, 0.3) is 5.91 Å². The van der Waals surface area contributed by atoms with Gasteiger partial charge < -0.3 is 19.1 Å². The van der Waals surface area contributed by atoms with Gasteiger partial charge in [0.05, 0.1) is 6.61 Å². The zero-order valence-electron chi connectivity index (χ0n) is 16.4. The third kappa shape index (κ3) is 4.35. The highest BCUT2D eigenvalue weighted by molar-refractivity contribution is 7.13. The molecule has 150 valence electrons. The quantitative estimate of drug-likeness (QED) is 0.608. The molecule has 2 heterocycles. The van der Waals surface area contributed by atoms with Crippen molar-refractivity contribution in [2.45, 2.75) is 13.5 Å². The fraction of sp³-hybridized carbons (Fsp3) is 0.273. The van der Waals surface area contributed by atoms with Crippen LogP contribution in [0.25, 0.3) is 10.6 Å². The monoisotopic (exact) mass is 410 g/mol. The lowest BCUT2D eigenvalue weighted by Crippen LogP contribution is -2.26. The van der Waals surface area contributed by atoms with E-state index in [4.69, 9.17) is 14.2 Å². The van der Waals surface area contributed by atoms with Crippen molar-refractivity contribution in [1.82, 2.24) is 9.88 Å². The molecular formula is C22H22N2O4S. The van der Waals surface area contributed by atoms with Crippen molar-refractivity contribution in [3.05, 3.63) is 59.1 Å². The minimum atomic E-state index is -0.117. The first-order chi connectivity index (χ1) is 14.1. The van der Waals surface area contributed by atoms with Crippen molar-refractivity contribution in [2.24, 2.45) is 0 Å². The van der Waals surface area contributed by atoms with Crippen molar-refractivity contribution in [3.63, 3.8) is 0 Å². The van der Waals surface area contributed by atoms with E-state index in [-0.39, 0.29) is 5.91 Å². The predicted molar refractivity (Wildman–Crippen MR) is 112 cm³/mol. The molecular weight excluding hydrogens is 388 g/mol. The van der Waals surface area contributed by atoms with Gasteiger partial charge in [0, 0.05) is 24.5 Å². The van der Waals surface area contributed by atoms with E-state index in [1.807, 2.05) is 49.4 Å². The van der Waals surface area contributed by atoms with Crippen LogP contribution in [0.2, 0.25) is 0 Å². The Morgan fingerprint density at radius 1 is 1.14 bits per heavy atom. The fourth-order valence-electron chi connectivity index (χ4n) is 3.09. The molecule has 1 aliphatic heterocycles. The molecule has 3 aromatic rings. The molecule has 0 saturated carbocycles. The molecule has 0 saturated heterocycles. The maximum Gasteiger partial charge on any atom is 0.273 e. The fourth-order valence-corrected chi connectivity index (χ4v) is 3.89. The highest BCUT2D eigenvalue weighted by Gasteiger charge is 2.18. The van der Waals surface area contributed by atoms with Gasteiger partial charge >= 0.3 is 0 Å². The van der Waals surface area contributed by atoms with E-state index in [2.05, 4.69) is 4.98 Å². The summed E-state index contributed by atoms with van der Waals surface area (Å²) in [6.45, 7) is 4.15. The number of carbonyl (C=O) groups is 1. The average Bonchev–Trinajstić information content (AvgIpc) is 3.24. The first-order valence-corrected chi connectivity index (χ1v) is 10.3. The van der Waals surface area contributed by atoms with Gasteiger partial charge in [0.15, 0.2) is 11.5 Å². The first-order valence-electron chi connectivity index (χ1n) is 9.47. The Morgan fingerprint density at radius 2 is 1.90 bits per heavy atom. The van der Waals surface area contributed by atoms with Crippen LogP contribution in [0.3, 0.4) is 0 Å². The van der Waals surface area contributed by atoms with Gasteiger partial charge in [-0.25, -0.2) is 4.98 Å². The van der Waals surface area contributed by atoms with Gasteiger partial charge in [-0.15, -0.1) is 11.3 Å². The minimum absolute atomic E-state index is 0.117. The summed E-state index contributed by atoms with van der Waals surface area (Å²) in [4.78, 5) is 19.0. The van der Waals surface area contributed by atoms with Crippen LogP contribution >= 0.6 is 11.3 Å². The molecule has 0 bridgehead atoms. The maximum absolute atomic E-state index is 12.8. The molecule has 0 aliphatic carbocycles. The van der Waals surface area contributed by atoms with Crippen molar-refractivity contribution in [2.75, 3.05) is 26.9 Å². The highest BCUT2D eigenvalue weighted by Crippen LogP contribution is 2.31. The second-order valence-electron chi connectivity index (χ2n) is 6.63. The van der Waals surface area contributed by atoms with E-state index in [0.717, 1.165) is 33.4 Å². The van der Waals surface area contributed by atoms with Gasteiger partial charge in [0.1, 0.15) is 29.7 Å². The Hall–Kier alpha value is -3.06. The standard InChI is InChI=1S/C22H22N2O4S/c1-3-26-17-7-5-16(6-8-17)21-23-18(14-29-21)22(25)24(2)13-15-4-9-19-20(12-15)28-11-10-27-19/h4-9,12,14H,3,10-11,13H2,1-2H3. The van der Waals surface area contributed by atoms with E-state index >= 15 is 0 Å². The van der Waals surface area contributed by atoms with Crippen molar-refractivity contribution < 1.29 is 19.0 Å². The number of hydrogen-bond donors (Lipinski definition) is 0. The number of rotatable bonds is 6. The Kier molecular flexibility index (Phi) is 5.67. The van der Waals surface area contributed by atoms with Gasteiger partial charge in [-0.3, -0.25) is 4.79 Å². The second-order valence-corrected chi connectivity index (χ2v) is 7.49. The number of fused-ring (bicyclic) bond motifs is 1. The lowest BCUT2D eigenvalue weighted by atomic mass is 10.2. The molecule has 1 aromatic heterocycles. The molecule has 0 radical (unpaired) electrons. The van der Waals surface area contributed by atoms with Crippen LogP contribution in [-0.4, -0.2) is 42.7 Å². The molecule has 4 rings (SSSR count). The molecule has 1 amide bonds. The zero-order chi connectivity index (χ0) is 20.2. The molecule has 0 spiro atoms. The van der Waals surface area contributed by atoms with Crippen LogP contribution in [0.15, 0.2) is 47.8 Å². The number of nitrogens with zero attached hydrogens (tertiary/aromatic N) is 2. The lowest BCUT2D eigenvalue weighted by molar-refractivity contribution is 0.0780. The second kappa shape index (κ2) is 8.53. The lowest BCUT2D eigenvalue weighted by Gasteiger charge is -2.21. The van der Waals surface area contributed by atoms with E-state index in [9.17, 15) is 4.79 Å². The molecule has 29 heavy (non-hydrogen) atoms. The van der Waals surface area contributed by atoms with Crippen molar-refractivity contribution >= 4 is 17.2 Å². The third-order valence-corrected chi connectivity index (χ3v) is 5.40. The molecule has 7 heteroatoms. The molecule has 0 N–H and O–H groups in total. The third-order valence-electron chi connectivity index (χ3n) is 4.51. The summed E-state index contributed by atoms with van der Waals surface area (Å²) < 4.78 is 16.6. The van der Waals surface area contributed by atoms with Crippen LogP contribution in [0.1, 0.15) is 23.0 Å². The van der Waals surface area contributed by atoms with Gasteiger partial charge in [0.2, 0.25) is 0 Å². The van der Waals surface area contributed by atoms with E-state index < -0.39 is 0 Å². The summed E-state index contributed by atoms with van der Waals surface area (Å²) in [5, 5.41) is 2.61. The Bertz CT molecular complexity index is 1000. The summed E-state index contributed by atoms with van der Waals surface area (Å²) in [7, 11) is 1.77. The van der Waals surface area contributed by atoms with Crippen LogP contribution < -0.4 is 14.2 Å². The number of aromatic nitrogens is 1. The van der Waals surface area contributed by atoms with Gasteiger partial charge in [-0.05, 0) is 48.9 Å². The van der Waals surface area contributed by atoms with Crippen molar-refractivity contribution in [3.8, 4) is 27.8 Å². The number of ether oxygens (including phenoxy) is 3. The zero-order valence-corrected chi connectivity index (χ0v) is 17.2. The molecule has 1 aliphatic rings. The highest BCUT2D eigenvalue weighted by atomic mass is 32.1. The average molecular weight is 410 g/mol. The molecule has 2 aromatic carbocycles. The number of hydrogen-bond acceptors (Lipinski definition) is 6. The number of benzene rings is 2. The van der Waals surface area contributed by atoms with E-state index in [0.29, 0.717) is 32.1 Å². The summed E-state index contributed by atoms with van der Waals surface area (Å²) in [6.07, 6.45) is 0. The first kappa shape index (κ1) is 19.3. The maximum atomic E-state index is 12.8. The van der Waals surface area contributed by atoms with Gasteiger partial charge in [-0.1, -0.05) is 6.07 Å². The molecule has 0 fully saturated rings. The smallest absolute Gasteiger partial charge is 0.273 e. The van der Waals surface area contributed by atoms with Crippen LogP contribution in [0.4, 0.5) is 0 Å². The summed E-state index contributed by atoms with van der Waals surface area (Å²) in [5.74, 6) is 2.17. The van der Waals surface area contributed by atoms with Crippen LogP contribution in [0.5, 0.6) is 17.2 Å². The summed E-state index contributed by atoms with van der Waals surface area (Å²) in [5.41, 5.74) is 2.39. The van der Waals surface area contributed by atoms with Crippen LogP contribution in [-0.2, 0) is 6.54 Å². The molecule has 0 atom stereocenters. The Balaban J connectivity index is 1.44. The normalized spacial score (nSPS) is 12.5. The van der Waals surface area contributed by atoms with Crippen molar-refractivity contribution in [1.29, 1.82) is 0 Å². The number of amides is 1.